The highest BCUT2D eigenvalue weighted by Gasteiger charge is 2.41. The maximum absolute atomic E-state index is 12.9. The number of ether oxygens (including phenoxy) is 1. The zero-order valence-corrected chi connectivity index (χ0v) is 15.0. The molecule has 1 amide bonds. The van der Waals surface area contributed by atoms with Crippen molar-refractivity contribution in [2.45, 2.75) is 57.4 Å². The Hall–Kier alpha value is -2.40. The number of hydrogen-bond acceptors (Lipinski definition) is 3. The summed E-state index contributed by atoms with van der Waals surface area (Å²) in [6.07, 6.45) is 5.82. The van der Waals surface area contributed by atoms with Gasteiger partial charge in [0.2, 0.25) is 0 Å². The van der Waals surface area contributed by atoms with Crippen molar-refractivity contribution in [1.29, 1.82) is 0 Å². The largest absolute Gasteiger partial charge is 0.373 e. The quantitative estimate of drug-likeness (QED) is 0.899. The normalized spacial score (nSPS) is 24.0. The van der Waals surface area contributed by atoms with Crippen molar-refractivity contribution in [3.63, 3.8) is 0 Å². The number of nitrogens with one attached hydrogen (secondary N) is 1. The molecule has 2 aliphatic rings. The summed E-state index contributed by atoms with van der Waals surface area (Å²) in [6, 6.07) is 11.9. The Morgan fingerprint density at radius 1 is 1.23 bits per heavy atom. The molecule has 5 heteroatoms. The summed E-state index contributed by atoms with van der Waals surface area (Å²) in [6.45, 7) is 2.37. The number of rotatable bonds is 5. The van der Waals surface area contributed by atoms with Crippen LogP contribution in [0.25, 0.3) is 0 Å². The number of nitrogens with zero attached hydrogens (tertiary/aromatic N) is 1. The summed E-state index contributed by atoms with van der Waals surface area (Å²) in [7, 11) is 0. The minimum absolute atomic E-state index is 0.0259. The van der Waals surface area contributed by atoms with Gasteiger partial charge in [-0.25, -0.2) is 0 Å². The molecule has 0 saturated carbocycles. The fourth-order valence-electron chi connectivity index (χ4n) is 4.04. The summed E-state index contributed by atoms with van der Waals surface area (Å²) in [5.41, 5.74) is 1.92. The molecule has 0 unspecified atom stereocenters. The van der Waals surface area contributed by atoms with Crippen molar-refractivity contribution in [2.75, 3.05) is 0 Å². The molecule has 2 saturated heterocycles. The predicted octanol–water partition coefficient (Wildman–Crippen LogP) is 2.45. The molecule has 2 aromatic rings. The molecule has 4 rings (SSSR count). The topological polar surface area (TPSA) is 60.3 Å². The van der Waals surface area contributed by atoms with Crippen molar-refractivity contribution < 1.29 is 9.53 Å². The first-order valence-electron chi connectivity index (χ1n) is 9.32. The van der Waals surface area contributed by atoms with E-state index in [0.717, 1.165) is 25.7 Å². The number of pyridine rings is 1. The monoisotopic (exact) mass is 352 g/mol. The molecule has 0 aliphatic carbocycles. The van der Waals surface area contributed by atoms with E-state index in [1.165, 1.54) is 5.56 Å². The maximum atomic E-state index is 12.9. The standard InChI is InChI=1S/C21H24N2O3/c1-14-9-11-23(12-10-15-5-3-2-4-6-15)21(25)19(14)20(24)22-17-13-16-7-8-18(17)26-16/h2-6,9,11,16-18H,7-8,10,12-13H2,1H3,(H,22,24)/t16-,17+,18+/m0/s1. The lowest BCUT2D eigenvalue weighted by Gasteiger charge is -2.20. The van der Waals surface area contributed by atoms with Gasteiger partial charge in [0.1, 0.15) is 5.56 Å². The third-order valence-corrected chi connectivity index (χ3v) is 5.51. The Bertz CT molecular complexity index is 859. The second-order valence-corrected chi connectivity index (χ2v) is 7.30. The summed E-state index contributed by atoms with van der Waals surface area (Å²) < 4.78 is 7.43. The average Bonchev–Trinajstić information content (AvgIpc) is 3.25. The minimum atomic E-state index is -0.275. The number of aryl methyl sites for hydroxylation is 3. The van der Waals surface area contributed by atoms with Crippen LogP contribution in [0.5, 0.6) is 0 Å². The van der Waals surface area contributed by atoms with Crippen LogP contribution < -0.4 is 10.9 Å². The lowest BCUT2D eigenvalue weighted by atomic mass is 9.95. The van der Waals surface area contributed by atoms with Gasteiger partial charge >= 0.3 is 0 Å². The average molecular weight is 352 g/mol. The van der Waals surface area contributed by atoms with E-state index in [1.54, 1.807) is 10.8 Å². The molecule has 0 radical (unpaired) electrons. The number of carbonyl (C=O) groups excluding carboxylic acids is 1. The smallest absolute Gasteiger partial charge is 0.263 e. The zero-order chi connectivity index (χ0) is 18.1. The molecular formula is C21H24N2O3. The summed E-state index contributed by atoms with van der Waals surface area (Å²) >= 11 is 0. The SMILES string of the molecule is Cc1ccn(CCc2ccccc2)c(=O)c1C(=O)N[C@@H]1C[C@@H]2CC[C@H]1O2. The van der Waals surface area contributed by atoms with Crippen LogP contribution in [-0.2, 0) is 17.7 Å². The van der Waals surface area contributed by atoms with Gasteiger partial charge in [0.25, 0.3) is 11.5 Å². The predicted molar refractivity (Wildman–Crippen MR) is 99.4 cm³/mol. The number of fused-ring (bicyclic) bond motifs is 2. The first-order valence-corrected chi connectivity index (χ1v) is 9.32. The summed E-state index contributed by atoms with van der Waals surface area (Å²) in [5, 5.41) is 3.03. The molecule has 5 nitrogen and oxygen atoms in total. The minimum Gasteiger partial charge on any atom is -0.373 e. The van der Waals surface area contributed by atoms with Gasteiger partial charge in [-0.2, -0.15) is 0 Å². The van der Waals surface area contributed by atoms with E-state index < -0.39 is 0 Å². The molecule has 2 bridgehead atoms. The van der Waals surface area contributed by atoms with Gasteiger partial charge < -0.3 is 14.6 Å². The van der Waals surface area contributed by atoms with Gasteiger partial charge in [-0.15, -0.1) is 0 Å². The van der Waals surface area contributed by atoms with Crippen molar-refractivity contribution in [1.82, 2.24) is 9.88 Å². The molecule has 3 heterocycles. The third kappa shape index (κ3) is 3.31. The van der Waals surface area contributed by atoms with E-state index in [1.807, 2.05) is 43.3 Å². The van der Waals surface area contributed by atoms with E-state index >= 15 is 0 Å². The fourth-order valence-corrected chi connectivity index (χ4v) is 4.04. The van der Waals surface area contributed by atoms with Crippen LogP contribution in [0.1, 0.15) is 40.7 Å². The van der Waals surface area contributed by atoms with Gasteiger partial charge in [-0.1, -0.05) is 30.3 Å². The van der Waals surface area contributed by atoms with E-state index in [-0.39, 0.29) is 35.3 Å². The molecule has 0 spiro atoms. The van der Waals surface area contributed by atoms with E-state index in [9.17, 15) is 9.59 Å². The number of aromatic nitrogens is 1. The van der Waals surface area contributed by atoms with Crippen molar-refractivity contribution in [3.05, 3.63) is 69.6 Å². The fraction of sp³-hybridized carbons (Fsp3) is 0.429. The first-order chi connectivity index (χ1) is 12.6. The van der Waals surface area contributed by atoms with Gasteiger partial charge in [0, 0.05) is 12.7 Å². The van der Waals surface area contributed by atoms with Crippen LogP contribution in [-0.4, -0.2) is 28.7 Å². The van der Waals surface area contributed by atoms with E-state index in [0.29, 0.717) is 12.1 Å². The molecule has 1 N–H and O–H groups in total. The van der Waals surface area contributed by atoms with Crippen molar-refractivity contribution >= 4 is 5.91 Å². The molecular weight excluding hydrogens is 328 g/mol. The summed E-state index contributed by atoms with van der Waals surface area (Å²) in [5.74, 6) is -0.275. The van der Waals surface area contributed by atoms with Gasteiger partial charge in [-0.3, -0.25) is 9.59 Å². The van der Waals surface area contributed by atoms with Gasteiger partial charge in [-0.05, 0) is 49.8 Å². The Morgan fingerprint density at radius 3 is 2.73 bits per heavy atom. The second-order valence-electron chi connectivity index (χ2n) is 7.30. The van der Waals surface area contributed by atoms with Crippen LogP contribution in [0, 0.1) is 6.92 Å². The van der Waals surface area contributed by atoms with Crippen LogP contribution >= 0.6 is 0 Å². The highest BCUT2D eigenvalue weighted by atomic mass is 16.5. The molecule has 3 atom stereocenters. The third-order valence-electron chi connectivity index (χ3n) is 5.51. The van der Waals surface area contributed by atoms with Gasteiger partial charge in [0.05, 0.1) is 18.2 Å². The number of carbonyl (C=O) groups is 1. The van der Waals surface area contributed by atoms with Gasteiger partial charge in [0.15, 0.2) is 0 Å². The Balaban J connectivity index is 1.50. The first kappa shape index (κ1) is 17.0. The van der Waals surface area contributed by atoms with Crippen LogP contribution in [0.15, 0.2) is 47.4 Å². The molecule has 26 heavy (non-hydrogen) atoms. The molecule has 1 aromatic carbocycles. The Morgan fingerprint density at radius 2 is 2.04 bits per heavy atom. The van der Waals surface area contributed by atoms with Crippen LogP contribution in [0.3, 0.4) is 0 Å². The highest BCUT2D eigenvalue weighted by Crippen LogP contribution is 2.34. The van der Waals surface area contributed by atoms with Crippen molar-refractivity contribution in [3.8, 4) is 0 Å². The van der Waals surface area contributed by atoms with Crippen molar-refractivity contribution in [2.24, 2.45) is 0 Å². The molecule has 2 aliphatic heterocycles. The Labute approximate surface area is 153 Å². The summed E-state index contributed by atoms with van der Waals surface area (Å²) in [4.78, 5) is 25.6. The molecule has 2 fully saturated rings. The zero-order valence-electron chi connectivity index (χ0n) is 15.0. The number of hydrogen-bond donors (Lipinski definition) is 1. The molecule has 1 aromatic heterocycles. The van der Waals surface area contributed by atoms with Crippen LogP contribution in [0.4, 0.5) is 0 Å². The lowest BCUT2D eigenvalue weighted by Crippen LogP contribution is -2.44. The second kappa shape index (κ2) is 7.08. The van der Waals surface area contributed by atoms with E-state index in [4.69, 9.17) is 4.74 Å². The maximum Gasteiger partial charge on any atom is 0.263 e. The number of amides is 1. The Kier molecular flexibility index (Phi) is 4.64. The van der Waals surface area contributed by atoms with E-state index in [2.05, 4.69) is 5.32 Å². The van der Waals surface area contributed by atoms with Crippen LogP contribution in [0.2, 0.25) is 0 Å². The number of benzene rings is 1. The molecule has 136 valence electrons. The highest BCUT2D eigenvalue weighted by molar-refractivity contribution is 5.95. The lowest BCUT2D eigenvalue weighted by molar-refractivity contribution is 0.0839.